The molecule has 0 bridgehead atoms. The van der Waals surface area contributed by atoms with E-state index in [4.69, 9.17) is 11.6 Å². The zero-order chi connectivity index (χ0) is 13.4. The Morgan fingerprint density at radius 3 is 2.58 bits per heavy atom. The van der Waals surface area contributed by atoms with Gasteiger partial charge in [0, 0.05) is 24.2 Å². The summed E-state index contributed by atoms with van der Waals surface area (Å²) in [5.41, 5.74) is 1.05. The van der Waals surface area contributed by atoms with E-state index in [0.717, 1.165) is 36.5 Å². The van der Waals surface area contributed by atoms with Gasteiger partial charge in [0.25, 0.3) is 0 Å². The standard InChI is InChI=1S/C15H19ClN2O/c1-10(13-4-2-3-5-14(13)16)18(12-6-7-12)15(19)11-8-17-9-11/h2-5,10-12,17H,6-9H2,1H3. The van der Waals surface area contributed by atoms with Crippen LogP contribution in [0.15, 0.2) is 24.3 Å². The molecule has 1 unspecified atom stereocenters. The summed E-state index contributed by atoms with van der Waals surface area (Å²) in [7, 11) is 0. The molecular formula is C15H19ClN2O. The second-order valence-corrected chi connectivity index (χ2v) is 5.94. The number of nitrogens with one attached hydrogen (secondary N) is 1. The molecule has 1 aliphatic heterocycles. The van der Waals surface area contributed by atoms with Gasteiger partial charge in [-0.05, 0) is 31.4 Å². The molecule has 1 atom stereocenters. The lowest BCUT2D eigenvalue weighted by Crippen LogP contribution is -2.53. The summed E-state index contributed by atoms with van der Waals surface area (Å²) in [6, 6.07) is 8.31. The van der Waals surface area contributed by atoms with Gasteiger partial charge in [0.15, 0.2) is 0 Å². The average molecular weight is 279 g/mol. The number of nitrogens with zero attached hydrogens (tertiary/aromatic N) is 1. The SMILES string of the molecule is CC(c1ccccc1Cl)N(C(=O)C1CNC1)C1CC1. The minimum absolute atomic E-state index is 0.0642. The van der Waals surface area contributed by atoms with Crippen LogP contribution in [0.1, 0.15) is 31.4 Å². The van der Waals surface area contributed by atoms with Gasteiger partial charge in [-0.2, -0.15) is 0 Å². The maximum atomic E-state index is 12.6. The highest BCUT2D eigenvalue weighted by molar-refractivity contribution is 6.31. The molecule has 4 heteroatoms. The van der Waals surface area contributed by atoms with Crippen molar-refractivity contribution >= 4 is 17.5 Å². The number of hydrogen-bond donors (Lipinski definition) is 1. The van der Waals surface area contributed by atoms with Gasteiger partial charge in [-0.1, -0.05) is 29.8 Å². The quantitative estimate of drug-likeness (QED) is 0.918. The van der Waals surface area contributed by atoms with Crippen LogP contribution in [0.2, 0.25) is 5.02 Å². The van der Waals surface area contributed by atoms with Crippen molar-refractivity contribution in [1.29, 1.82) is 0 Å². The van der Waals surface area contributed by atoms with E-state index >= 15 is 0 Å². The molecule has 1 heterocycles. The van der Waals surface area contributed by atoms with Gasteiger partial charge in [-0.3, -0.25) is 4.79 Å². The van der Waals surface area contributed by atoms with Crippen LogP contribution >= 0.6 is 11.6 Å². The molecule has 3 rings (SSSR count). The van der Waals surface area contributed by atoms with E-state index in [1.54, 1.807) is 0 Å². The summed E-state index contributed by atoms with van der Waals surface area (Å²) in [6.07, 6.45) is 2.25. The van der Waals surface area contributed by atoms with Crippen molar-refractivity contribution in [1.82, 2.24) is 10.2 Å². The Morgan fingerprint density at radius 2 is 2.05 bits per heavy atom. The van der Waals surface area contributed by atoms with Crippen molar-refractivity contribution in [3.8, 4) is 0 Å². The van der Waals surface area contributed by atoms with Gasteiger partial charge in [0.2, 0.25) is 5.91 Å². The van der Waals surface area contributed by atoms with Crippen LogP contribution in [-0.4, -0.2) is 29.9 Å². The van der Waals surface area contributed by atoms with Gasteiger partial charge < -0.3 is 10.2 Å². The zero-order valence-electron chi connectivity index (χ0n) is 11.1. The second kappa shape index (κ2) is 5.14. The van der Waals surface area contributed by atoms with Crippen LogP contribution in [0.5, 0.6) is 0 Å². The molecule has 1 aliphatic carbocycles. The van der Waals surface area contributed by atoms with Gasteiger partial charge in [-0.25, -0.2) is 0 Å². The lowest BCUT2D eigenvalue weighted by atomic mass is 9.98. The molecule has 1 aromatic carbocycles. The number of halogens is 1. The molecule has 1 saturated heterocycles. The molecule has 1 amide bonds. The molecule has 0 aromatic heterocycles. The number of carbonyl (C=O) groups excluding carboxylic acids is 1. The van der Waals surface area contributed by atoms with Crippen LogP contribution in [0, 0.1) is 5.92 Å². The van der Waals surface area contributed by atoms with Gasteiger partial charge in [-0.15, -0.1) is 0 Å². The van der Waals surface area contributed by atoms with Gasteiger partial charge in [0.1, 0.15) is 0 Å². The van der Waals surface area contributed by atoms with Gasteiger partial charge >= 0.3 is 0 Å². The number of hydrogen-bond acceptors (Lipinski definition) is 2. The first-order valence-corrected chi connectivity index (χ1v) is 7.33. The van der Waals surface area contributed by atoms with E-state index in [1.165, 1.54) is 0 Å². The molecule has 0 radical (unpaired) electrons. The van der Waals surface area contributed by atoms with Crippen LogP contribution < -0.4 is 5.32 Å². The third-order valence-electron chi connectivity index (χ3n) is 4.10. The smallest absolute Gasteiger partial charge is 0.229 e. The minimum Gasteiger partial charge on any atom is -0.333 e. The Morgan fingerprint density at radius 1 is 1.37 bits per heavy atom. The monoisotopic (exact) mass is 278 g/mol. The van der Waals surface area contributed by atoms with E-state index in [-0.39, 0.29) is 17.9 Å². The molecule has 1 aromatic rings. The molecule has 1 saturated carbocycles. The van der Waals surface area contributed by atoms with E-state index in [1.807, 2.05) is 24.3 Å². The van der Waals surface area contributed by atoms with Crippen molar-refractivity contribution in [2.75, 3.05) is 13.1 Å². The predicted octanol–water partition coefficient (Wildman–Crippen LogP) is 2.61. The maximum absolute atomic E-state index is 12.6. The minimum atomic E-state index is 0.0642. The number of rotatable bonds is 4. The summed E-state index contributed by atoms with van der Waals surface area (Å²) in [5, 5.41) is 3.92. The third-order valence-corrected chi connectivity index (χ3v) is 4.44. The van der Waals surface area contributed by atoms with Crippen molar-refractivity contribution in [2.45, 2.75) is 31.8 Å². The van der Waals surface area contributed by atoms with Crippen LogP contribution in [0.25, 0.3) is 0 Å². The Hall–Kier alpha value is -1.06. The van der Waals surface area contributed by atoms with E-state index in [2.05, 4.69) is 17.1 Å². The van der Waals surface area contributed by atoms with Crippen molar-refractivity contribution in [3.63, 3.8) is 0 Å². The second-order valence-electron chi connectivity index (χ2n) is 5.53. The first kappa shape index (κ1) is 12.9. The first-order valence-electron chi connectivity index (χ1n) is 6.96. The summed E-state index contributed by atoms with van der Waals surface area (Å²) < 4.78 is 0. The number of benzene rings is 1. The van der Waals surface area contributed by atoms with E-state index < -0.39 is 0 Å². The highest BCUT2D eigenvalue weighted by Crippen LogP contribution is 2.37. The van der Waals surface area contributed by atoms with Crippen molar-refractivity contribution in [3.05, 3.63) is 34.9 Å². The lowest BCUT2D eigenvalue weighted by molar-refractivity contribution is -0.140. The lowest BCUT2D eigenvalue weighted by Gasteiger charge is -2.36. The van der Waals surface area contributed by atoms with Crippen molar-refractivity contribution in [2.24, 2.45) is 5.92 Å². The van der Waals surface area contributed by atoms with Gasteiger partial charge in [0.05, 0.1) is 12.0 Å². The fraction of sp³-hybridized carbons (Fsp3) is 0.533. The molecular weight excluding hydrogens is 260 g/mol. The van der Waals surface area contributed by atoms with Crippen LogP contribution in [0.3, 0.4) is 0 Å². The number of carbonyl (C=O) groups is 1. The van der Waals surface area contributed by atoms with Crippen LogP contribution in [-0.2, 0) is 4.79 Å². The highest BCUT2D eigenvalue weighted by Gasteiger charge is 2.40. The largest absolute Gasteiger partial charge is 0.333 e. The molecule has 1 N–H and O–H groups in total. The highest BCUT2D eigenvalue weighted by atomic mass is 35.5. The summed E-state index contributed by atoms with van der Waals surface area (Å²) >= 11 is 6.27. The fourth-order valence-corrected chi connectivity index (χ4v) is 2.97. The van der Waals surface area contributed by atoms with E-state index in [0.29, 0.717) is 6.04 Å². The summed E-state index contributed by atoms with van der Waals surface area (Å²) in [4.78, 5) is 14.6. The van der Waals surface area contributed by atoms with E-state index in [9.17, 15) is 4.79 Å². The normalized spacial score (nSPS) is 20.7. The third kappa shape index (κ3) is 2.49. The zero-order valence-corrected chi connectivity index (χ0v) is 11.9. The maximum Gasteiger partial charge on any atom is 0.229 e. The summed E-state index contributed by atoms with van der Waals surface area (Å²) in [6.45, 7) is 3.72. The first-order chi connectivity index (χ1) is 9.18. The number of amides is 1. The summed E-state index contributed by atoms with van der Waals surface area (Å²) in [5.74, 6) is 0.444. The Kier molecular flexibility index (Phi) is 3.50. The Labute approximate surface area is 118 Å². The fourth-order valence-electron chi connectivity index (χ4n) is 2.68. The molecule has 3 nitrogen and oxygen atoms in total. The predicted molar refractivity (Wildman–Crippen MR) is 76.1 cm³/mol. The molecule has 0 spiro atoms. The Bertz CT molecular complexity index is 483. The molecule has 102 valence electrons. The topological polar surface area (TPSA) is 32.3 Å². The molecule has 2 fully saturated rings. The van der Waals surface area contributed by atoms with Crippen molar-refractivity contribution < 1.29 is 4.79 Å². The molecule has 19 heavy (non-hydrogen) atoms. The van der Waals surface area contributed by atoms with Crippen LogP contribution in [0.4, 0.5) is 0 Å². The molecule has 2 aliphatic rings. The Balaban J connectivity index is 1.83. The average Bonchev–Trinajstić information content (AvgIpc) is 3.12.